The van der Waals surface area contributed by atoms with Crippen molar-refractivity contribution in [3.8, 4) is 0 Å². The van der Waals surface area contributed by atoms with Crippen LogP contribution in [0.3, 0.4) is 0 Å². The smallest absolute Gasteiger partial charge is 0.316 e. The first-order valence-electron chi connectivity index (χ1n) is 4.07. The van der Waals surface area contributed by atoms with Gasteiger partial charge in [0.25, 0.3) is 0 Å². The van der Waals surface area contributed by atoms with Crippen LogP contribution < -0.4 is 0 Å². The van der Waals surface area contributed by atoms with Gasteiger partial charge in [-0.1, -0.05) is 13.8 Å². The van der Waals surface area contributed by atoms with Crippen LogP contribution in [-0.4, -0.2) is 18.9 Å². The standard InChI is InChI=1S/C9H14O3/c1-9(2)4-6(7(10)5-9)8(11)12-3/h6H,4-5H2,1-3H3. The van der Waals surface area contributed by atoms with Gasteiger partial charge in [0.15, 0.2) is 0 Å². The molecule has 1 saturated carbocycles. The van der Waals surface area contributed by atoms with E-state index in [2.05, 4.69) is 4.74 Å². The average Bonchev–Trinajstić information content (AvgIpc) is 2.23. The van der Waals surface area contributed by atoms with Gasteiger partial charge in [0, 0.05) is 6.42 Å². The molecule has 0 aliphatic heterocycles. The monoisotopic (exact) mass is 170 g/mol. The summed E-state index contributed by atoms with van der Waals surface area (Å²) in [5.74, 6) is -0.873. The molecule has 0 saturated heterocycles. The van der Waals surface area contributed by atoms with E-state index in [4.69, 9.17) is 0 Å². The molecule has 1 aliphatic rings. The summed E-state index contributed by atoms with van der Waals surface area (Å²) in [5.41, 5.74) is -0.0318. The Hall–Kier alpha value is -0.860. The molecule has 0 aromatic heterocycles. The van der Waals surface area contributed by atoms with Crippen molar-refractivity contribution in [2.24, 2.45) is 11.3 Å². The quantitative estimate of drug-likeness (QED) is 0.438. The van der Waals surface area contributed by atoms with Crippen molar-refractivity contribution in [2.45, 2.75) is 26.7 Å². The maximum atomic E-state index is 11.3. The number of methoxy groups -OCH3 is 1. The summed E-state index contributed by atoms with van der Waals surface area (Å²) >= 11 is 0. The molecule has 0 aromatic rings. The minimum atomic E-state index is -0.509. The van der Waals surface area contributed by atoms with Gasteiger partial charge in [-0.15, -0.1) is 0 Å². The Kier molecular flexibility index (Phi) is 2.22. The van der Waals surface area contributed by atoms with E-state index < -0.39 is 5.92 Å². The van der Waals surface area contributed by atoms with Gasteiger partial charge in [-0.05, 0) is 11.8 Å². The second-order valence-electron chi connectivity index (χ2n) is 4.09. The van der Waals surface area contributed by atoms with Crippen LogP contribution in [0, 0.1) is 11.3 Å². The van der Waals surface area contributed by atoms with E-state index in [1.54, 1.807) is 0 Å². The van der Waals surface area contributed by atoms with Gasteiger partial charge in [0.05, 0.1) is 7.11 Å². The molecule has 1 rings (SSSR count). The molecule has 1 atom stereocenters. The Morgan fingerprint density at radius 1 is 1.58 bits per heavy atom. The molecule has 0 aromatic carbocycles. The number of carbonyl (C=O) groups is 2. The lowest BCUT2D eigenvalue weighted by Crippen LogP contribution is -2.19. The fourth-order valence-corrected chi connectivity index (χ4v) is 1.69. The summed E-state index contributed by atoms with van der Waals surface area (Å²) in [6, 6.07) is 0. The number of rotatable bonds is 1. The normalized spacial score (nSPS) is 27.2. The first-order chi connectivity index (χ1) is 5.46. The highest BCUT2D eigenvalue weighted by Crippen LogP contribution is 2.38. The molecule has 1 fully saturated rings. The summed E-state index contributed by atoms with van der Waals surface area (Å²) in [7, 11) is 1.32. The van der Waals surface area contributed by atoms with E-state index in [1.807, 2.05) is 13.8 Å². The molecule has 3 heteroatoms. The van der Waals surface area contributed by atoms with Crippen molar-refractivity contribution in [2.75, 3.05) is 7.11 Å². The molecule has 0 radical (unpaired) electrons. The number of esters is 1. The molecular formula is C9H14O3. The molecule has 0 bridgehead atoms. The Balaban J connectivity index is 2.71. The van der Waals surface area contributed by atoms with E-state index in [0.29, 0.717) is 12.8 Å². The highest BCUT2D eigenvalue weighted by Gasteiger charge is 2.42. The van der Waals surface area contributed by atoms with Crippen LogP contribution in [0.25, 0.3) is 0 Å². The Morgan fingerprint density at radius 2 is 2.17 bits per heavy atom. The topological polar surface area (TPSA) is 43.4 Å². The maximum absolute atomic E-state index is 11.3. The first-order valence-corrected chi connectivity index (χ1v) is 4.07. The van der Waals surface area contributed by atoms with E-state index in [0.717, 1.165) is 0 Å². The molecule has 0 amide bonds. The molecule has 1 aliphatic carbocycles. The molecular weight excluding hydrogens is 156 g/mol. The van der Waals surface area contributed by atoms with Crippen LogP contribution in [0.5, 0.6) is 0 Å². The predicted molar refractivity (Wildman–Crippen MR) is 43.5 cm³/mol. The molecule has 3 nitrogen and oxygen atoms in total. The summed E-state index contributed by atoms with van der Waals surface area (Å²) < 4.78 is 4.54. The van der Waals surface area contributed by atoms with Crippen LogP contribution in [0.4, 0.5) is 0 Å². The van der Waals surface area contributed by atoms with Gasteiger partial charge < -0.3 is 4.74 Å². The van der Waals surface area contributed by atoms with Gasteiger partial charge in [-0.2, -0.15) is 0 Å². The number of Topliss-reactive ketones (excluding diaryl/α,β-unsaturated/α-hetero) is 1. The summed E-state index contributed by atoms with van der Waals surface area (Å²) in [6.45, 7) is 3.99. The Labute approximate surface area is 72.1 Å². The minimum absolute atomic E-state index is 0.0202. The summed E-state index contributed by atoms with van der Waals surface area (Å²) in [5, 5.41) is 0. The molecule has 0 N–H and O–H groups in total. The van der Waals surface area contributed by atoms with Crippen molar-refractivity contribution in [1.29, 1.82) is 0 Å². The maximum Gasteiger partial charge on any atom is 0.316 e. The number of hydrogen-bond donors (Lipinski definition) is 0. The second kappa shape index (κ2) is 2.88. The molecule has 68 valence electrons. The lowest BCUT2D eigenvalue weighted by molar-refractivity contribution is -0.148. The highest BCUT2D eigenvalue weighted by molar-refractivity contribution is 6.00. The highest BCUT2D eigenvalue weighted by atomic mass is 16.5. The van der Waals surface area contributed by atoms with Crippen LogP contribution >= 0.6 is 0 Å². The third kappa shape index (κ3) is 1.65. The fraction of sp³-hybridized carbons (Fsp3) is 0.778. The minimum Gasteiger partial charge on any atom is -0.468 e. The van der Waals surface area contributed by atoms with E-state index in [9.17, 15) is 9.59 Å². The largest absolute Gasteiger partial charge is 0.468 e. The van der Waals surface area contributed by atoms with Crippen molar-refractivity contribution >= 4 is 11.8 Å². The lowest BCUT2D eigenvalue weighted by Gasteiger charge is -2.14. The van der Waals surface area contributed by atoms with Gasteiger partial charge in [-0.25, -0.2) is 0 Å². The van der Waals surface area contributed by atoms with E-state index in [-0.39, 0.29) is 17.2 Å². The van der Waals surface area contributed by atoms with Crippen molar-refractivity contribution < 1.29 is 14.3 Å². The number of ether oxygens (including phenoxy) is 1. The zero-order chi connectivity index (χ0) is 9.35. The summed E-state index contributed by atoms with van der Waals surface area (Å²) in [4.78, 5) is 22.4. The summed E-state index contributed by atoms with van der Waals surface area (Å²) in [6.07, 6.45) is 1.12. The first kappa shape index (κ1) is 9.23. The van der Waals surface area contributed by atoms with Crippen molar-refractivity contribution in [3.05, 3.63) is 0 Å². The molecule has 1 unspecified atom stereocenters. The van der Waals surface area contributed by atoms with Gasteiger partial charge in [0.1, 0.15) is 11.7 Å². The van der Waals surface area contributed by atoms with Crippen LogP contribution in [0.1, 0.15) is 26.7 Å². The Morgan fingerprint density at radius 3 is 2.50 bits per heavy atom. The number of carbonyl (C=O) groups excluding carboxylic acids is 2. The SMILES string of the molecule is COC(=O)C1CC(C)(C)CC1=O. The number of hydrogen-bond acceptors (Lipinski definition) is 3. The molecule has 0 spiro atoms. The average molecular weight is 170 g/mol. The van der Waals surface area contributed by atoms with Crippen LogP contribution in [-0.2, 0) is 14.3 Å². The lowest BCUT2D eigenvalue weighted by atomic mass is 9.91. The molecule has 0 heterocycles. The van der Waals surface area contributed by atoms with Gasteiger partial charge >= 0.3 is 5.97 Å². The fourth-order valence-electron chi connectivity index (χ4n) is 1.69. The number of ketones is 1. The third-order valence-electron chi connectivity index (χ3n) is 2.28. The van der Waals surface area contributed by atoms with Gasteiger partial charge in [0.2, 0.25) is 0 Å². The third-order valence-corrected chi connectivity index (χ3v) is 2.28. The second-order valence-corrected chi connectivity index (χ2v) is 4.09. The Bertz CT molecular complexity index is 218. The van der Waals surface area contributed by atoms with Gasteiger partial charge in [-0.3, -0.25) is 9.59 Å². The van der Waals surface area contributed by atoms with Crippen molar-refractivity contribution in [1.82, 2.24) is 0 Å². The molecule has 12 heavy (non-hydrogen) atoms. The van der Waals surface area contributed by atoms with E-state index in [1.165, 1.54) is 7.11 Å². The van der Waals surface area contributed by atoms with Crippen LogP contribution in [0.15, 0.2) is 0 Å². The predicted octanol–water partition coefficient (Wildman–Crippen LogP) is 1.16. The van der Waals surface area contributed by atoms with Crippen LogP contribution in [0.2, 0.25) is 0 Å². The van der Waals surface area contributed by atoms with E-state index >= 15 is 0 Å². The zero-order valence-corrected chi connectivity index (χ0v) is 7.72. The van der Waals surface area contributed by atoms with Crippen molar-refractivity contribution in [3.63, 3.8) is 0 Å². The zero-order valence-electron chi connectivity index (χ0n) is 7.72.